The van der Waals surface area contributed by atoms with E-state index in [1.165, 1.54) is 4.90 Å². The molecule has 0 bridgehead atoms. The van der Waals surface area contributed by atoms with Gasteiger partial charge in [0.15, 0.2) is 0 Å². The zero-order valence-electron chi connectivity index (χ0n) is 24.2. The van der Waals surface area contributed by atoms with Gasteiger partial charge in [-0.2, -0.15) is 0 Å². The largest absolute Gasteiger partial charge is 0.354 e. The van der Waals surface area contributed by atoms with Crippen LogP contribution in [0.1, 0.15) is 55.4 Å². The first-order valence-electron chi connectivity index (χ1n) is 13.9. The number of anilines is 1. The summed E-state index contributed by atoms with van der Waals surface area (Å²) in [5, 5.41) is 2.96. The highest BCUT2D eigenvalue weighted by Crippen LogP contribution is 2.25. The average molecular weight is 564 g/mol. The number of nitrogens with one attached hydrogen (secondary N) is 1. The number of unbranched alkanes of at least 4 members (excludes halogenated alkanes) is 1. The van der Waals surface area contributed by atoms with Crippen LogP contribution in [-0.2, 0) is 26.2 Å². The molecule has 1 atom stereocenters. The topological polar surface area (TPSA) is 86.8 Å². The second-order valence-electron chi connectivity index (χ2n) is 10.2. The summed E-state index contributed by atoms with van der Waals surface area (Å²) < 4.78 is 29.0. The fourth-order valence-electron chi connectivity index (χ4n) is 4.51. The van der Waals surface area contributed by atoms with E-state index < -0.39 is 28.5 Å². The maximum atomic E-state index is 14.1. The number of carbonyl (C=O) groups excluding carboxylic acids is 2. The monoisotopic (exact) mass is 563 g/mol. The fourth-order valence-corrected chi connectivity index (χ4v) is 5.92. The molecular weight excluding hydrogens is 522 g/mol. The molecule has 2 amide bonds. The minimum atomic E-state index is -4.08. The van der Waals surface area contributed by atoms with Gasteiger partial charge in [-0.15, -0.1) is 0 Å². The predicted molar refractivity (Wildman–Crippen MR) is 161 cm³/mol. The van der Waals surface area contributed by atoms with Crippen molar-refractivity contribution in [3.05, 3.63) is 95.1 Å². The Labute approximate surface area is 239 Å². The molecule has 0 aliphatic rings. The van der Waals surface area contributed by atoms with E-state index in [0.717, 1.165) is 39.4 Å². The maximum absolute atomic E-state index is 14.1. The van der Waals surface area contributed by atoms with Gasteiger partial charge in [-0.05, 0) is 63.4 Å². The van der Waals surface area contributed by atoms with Gasteiger partial charge in [-0.3, -0.25) is 13.9 Å². The summed E-state index contributed by atoms with van der Waals surface area (Å²) in [5.41, 5.74) is 4.19. The minimum Gasteiger partial charge on any atom is -0.354 e. The Morgan fingerprint density at radius 3 is 2.05 bits per heavy atom. The molecule has 0 aliphatic heterocycles. The van der Waals surface area contributed by atoms with Gasteiger partial charge < -0.3 is 10.2 Å². The van der Waals surface area contributed by atoms with E-state index in [4.69, 9.17) is 0 Å². The molecule has 0 saturated carbocycles. The van der Waals surface area contributed by atoms with Crippen LogP contribution in [0.15, 0.2) is 77.7 Å². The van der Waals surface area contributed by atoms with Crippen molar-refractivity contribution in [2.45, 2.75) is 71.4 Å². The smallest absolute Gasteiger partial charge is 0.264 e. The van der Waals surface area contributed by atoms with Crippen LogP contribution in [0.2, 0.25) is 0 Å². The van der Waals surface area contributed by atoms with Crippen LogP contribution in [0.25, 0.3) is 0 Å². The number of rotatable bonds is 13. The third kappa shape index (κ3) is 7.94. The molecule has 214 valence electrons. The molecule has 0 radical (unpaired) electrons. The van der Waals surface area contributed by atoms with Crippen LogP contribution < -0.4 is 9.62 Å². The molecule has 0 aromatic heterocycles. The minimum absolute atomic E-state index is 0.0982. The van der Waals surface area contributed by atoms with Crippen LogP contribution in [0.4, 0.5) is 5.69 Å². The van der Waals surface area contributed by atoms with Crippen molar-refractivity contribution < 1.29 is 18.0 Å². The molecule has 0 unspecified atom stereocenters. The molecule has 7 nitrogen and oxygen atoms in total. The summed E-state index contributed by atoms with van der Waals surface area (Å²) in [6, 6.07) is 20.6. The third-order valence-corrected chi connectivity index (χ3v) is 8.65. The Morgan fingerprint density at radius 1 is 0.850 bits per heavy atom. The van der Waals surface area contributed by atoms with E-state index in [0.29, 0.717) is 18.7 Å². The van der Waals surface area contributed by atoms with Crippen LogP contribution >= 0.6 is 0 Å². The van der Waals surface area contributed by atoms with Crippen LogP contribution in [-0.4, -0.2) is 44.3 Å². The van der Waals surface area contributed by atoms with Crippen molar-refractivity contribution >= 4 is 27.5 Å². The first kappa shape index (κ1) is 30.9. The van der Waals surface area contributed by atoms with Crippen molar-refractivity contribution in [3.8, 4) is 0 Å². The average Bonchev–Trinajstić information content (AvgIpc) is 2.92. The number of hydrogen-bond acceptors (Lipinski definition) is 4. The van der Waals surface area contributed by atoms with E-state index in [2.05, 4.69) is 5.32 Å². The van der Waals surface area contributed by atoms with Gasteiger partial charge in [0.05, 0.1) is 10.6 Å². The van der Waals surface area contributed by atoms with Crippen molar-refractivity contribution in [1.29, 1.82) is 0 Å². The molecule has 3 aromatic rings. The van der Waals surface area contributed by atoms with Gasteiger partial charge in [0.25, 0.3) is 10.0 Å². The van der Waals surface area contributed by atoms with Gasteiger partial charge in [-0.25, -0.2) is 8.42 Å². The number of nitrogens with zero attached hydrogens (tertiary/aromatic N) is 2. The Balaban J connectivity index is 2.03. The lowest BCUT2D eigenvalue weighted by atomic mass is 10.1. The zero-order chi connectivity index (χ0) is 29.3. The van der Waals surface area contributed by atoms with E-state index in [1.54, 1.807) is 36.4 Å². The summed E-state index contributed by atoms with van der Waals surface area (Å²) in [5.74, 6) is -0.685. The standard InChI is InChI=1S/C32H41N3O4S/c1-6-8-20-33-32(37)30(7-2)34(22-27-11-9-10-26(5)21-27)31(36)23-35(28-16-12-24(3)13-17-28)40(38,39)29-18-14-25(4)15-19-29/h9-19,21,30H,6-8,20,22-23H2,1-5H3,(H,33,37)/t30-/m1/s1. The summed E-state index contributed by atoms with van der Waals surface area (Å²) in [6.07, 6.45) is 2.17. The van der Waals surface area contributed by atoms with Crippen LogP contribution in [0.5, 0.6) is 0 Å². The molecule has 3 rings (SSSR count). The van der Waals surface area contributed by atoms with Crippen LogP contribution in [0.3, 0.4) is 0 Å². The highest BCUT2D eigenvalue weighted by Gasteiger charge is 2.33. The van der Waals surface area contributed by atoms with Crippen molar-refractivity contribution in [2.75, 3.05) is 17.4 Å². The number of aryl methyl sites for hydroxylation is 3. The maximum Gasteiger partial charge on any atom is 0.264 e. The van der Waals surface area contributed by atoms with Gasteiger partial charge >= 0.3 is 0 Å². The highest BCUT2D eigenvalue weighted by atomic mass is 32.2. The van der Waals surface area contributed by atoms with Crippen LogP contribution in [0, 0.1) is 20.8 Å². The summed E-state index contributed by atoms with van der Waals surface area (Å²) in [4.78, 5) is 29.0. The second kappa shape index (κ2) is 14.1. The normalized spacial score (nSPS) is 12.0. The van der Waals surface area contributed by atoms with Gasteiger partial charge in [0.1, 0.15) is 12.6 Å². The third-order valence-electron chi connectivity index (χ3n) is 6.86. The molecule has 1 N–H and O–H groups in total. The molecular formula is C32H41N3O4S. The molecule has 0 spiro atoms. The molecule has 3 aromatic carbocycles. The number of sulfonamides is 1. The van der Waals surface area contributed by atoms with Crippen molar-refractivity contribution in [2.24, 2.45) is 0 Å². The quantitative estimate of drug-likeness (QED) is 0.277. The summed E-state index contributed by atoms with van der Waals surface area (Å²) >= 11 is 0. The Bertz CT molecular complexity index is 1390. The summed E-state index contributed by atoms with van der Waals surface area (Å²) in [6.45, 7) is 9.95. The zero-order valence-corrected chi connectivity index (χ0v) is 25.0. The number of amides is 2. The molecule has 0 aliphatic carbocycles. The Morgan fingerprint density at radius 2 is 1.48 bits per heavy atom. The van der Waals surface area contributed by atoms with Gasteiger partial charge in [0, 0.05) is 13.1 Å². The number of carbonyl (C=O) groups is 2. The molecule has 40 heavy (non-hydrogen) atoms. The van der Waals surface area contributed by atoms with E-state index in [1.807, 2.05) is 71.0 Å². The van der Waals surface area contributed by atoms with Crippen molar-refractivity contribution in [1.82, 2.24) is 10.2 Å². The highest BCUT2D eigenvalue weighted by molar-refractivity contribution is 7.92. The lowest BCUT2D eigenvalue weighted by Gasteiger charge is -2.33. The Kier molecular flexibility index (Phi) is 10.9. The predicted octanol–water partition coefficient (Wildman–Crippen LogP) is 5.53. The molecule has 8 heteroatoms. The molecule has 0 saturated heterocycles. The number of hydrogen-bond donors (Lipinski definition) is 1. The Hall–Kier alpha value is -3.65. The fraction of sp³-hybridized carbons (Fsp3) is 0.375. The van der Waals surface area contributed by atoms with Gasteiger partial charge in [-0.1, -0.05) is 85.5 Å². The summed E-state index contributed by atoms with van der Waals surface area (Å²) in [7, 11) is -4.08. The lowest BCUT2D eigenvalue weighted by Crippen LogP contribution is -2.52. The van der Waals surface area contributed by atoms with E-state index in [9.17, 15) is 18.0 Å². The first-order valence-corrected chi connectivity index (χ1v) is 15.3. The SMILES string of the molecule is CCCCNC(=O)[C@@H](CC)N(Cc1cccc(C)c1)C(=O)CN(c1ccc(C)cc1)S(=O)(=O)c1ccc(C)cc1. The van der Waals surface area contributed by atoms with E-state index in [-0.39, 0.29) is 17.3 Å². The molecule has 0 heterocycles. The molecule has 0 fully saturated rings. The van der Waals surface area contributed by atoms with E-state index >= 15 is 0 Å². The van der Waals surface area contributed by atoms with Crippen molar-refractivity contribution in [3.63, 3.8) is 0 Å². The van der Waals surface area contributed by atoms with Gasteiger partial charge in [0.2, 0.25) is 11.8 Å². The number of benzene rings is 3. The second-order valence-corrected chi connectivity index (χ2v) is 12.1. The first-order chi connectivity index (χ1) is 19.1. The lowest BCUT2D eigenvalue weighted by molar-refractivity contribution is -0.140.